The van der Waals surface area contributed by atoms with Gasteiger partial charge in [-0.3, -0.25) is 14.9 Å². The number of anilines is 1. The van der Waals surface area contributed by atoms with Gasteiger partial charge in [0.1, 0.15) is 5.69 Å². The topological polar surface area (TPSA) is 89.5 Å². The van der Waals surface area contributed by atoms with E-state index in [4.69, 9.17) is 5.73 Å². The number of nitrogens with zero attached hydrogens (tertiary/aromatic N) is 2. The molecule has 1 aliphatic heterocycles. The number of nitrogens with two attached hydrogens (primary N) is 1. The minimum absolute atomic E-state index is 0.0193. The lowest BCUT2D eigenvalue weighted by Crippen LogP contribution is -2.26. The number of carbonyl (C=O) groups excluding carboxylic acids is 1. The molecular weight excluding hydrogens is 246 g/mol. The molecule has 1 amide bonds. The van der Waals surface area contributed by atoms with E-state index >= 15 is 0 Å². The molecule has 0 aliphatic carbocycles. The second-order valence-electron chi connectivity index (χ2n) is 4.99. The highest BCUT2D eigenvalue weighted by molar-refractivity contribution is 5.98. The predicted octanol–water partition coefficient (Wildman–Crippen LogP) is 1.52. The van der Waals surface area contributed by atoms with Crippen LogP contribution in [0.4, 0.5) is 11.4 Å². The third-order valence-electron chi connectivity index (χ3n) is 3.62. The van der Waals surface area contributed by atoms with Crippen molar-refractivity contribution in [1.29, 1.82) is 0 Å². The highest BCUT2D eigenvalue weighted by Crippen LogP contribution is 2.34. The molecule has 1 atom stereocenters. The van der Waals surface area contributed by atoms with Crippen LogP contribution < -0.4 is 10.6 Å². The van der Waals surface area contributed by atoms with E-state index in [-0.39, 0.29) is 17.5 Å². The van der Waals surface area contributed by atoms with Gasteiger partial charge in [-0.1, -0.05) is 0 Å². The Morgan fingerprint density at radius 3 is 2.58 bits per heavy atom. The Morgan fingerprint density at radius 1 is 1.42 bits per heavy atom. The maximum absolute atomic E-state index is 12.0. The first kappa shape index (κ1) is 13.5. The van der Waals surface area contributed by atoms with Crippen LogP contribution in [0.5, 0.6) is 0 Å². The lowest BCUT2D eigenvalue weighted by molar-refractivity contribution is -0.384. The summed E-state index contributed by atoms with van der Waals surface area (Å²) in [6.45, 7) is 4.57. The van der Waals surface area contributed by atoms with Crippen molar-refractivity contribution in [2.24, 2.45) is 11.7 Å². The quantitative estimate of drug-likeness (QED) is 0.661. The molecule has 1 heterocycles. The molecule has 1 aliphatic rings. The summed E-state index contributed by atoms with van der Waals surface area (Å²) in [5.41, 5.74) is 7.72. The van der Waals surface area contributed by atoms with Crippen molar-refractivity contribution in [2.45, 2.75) is 20.3 Å². The zero-order valence-electron chi connectivity index (χ0n) is 11.0. The Labute approximate surface area is 111 Å². The number of hydrogen-bond donors (Lipinski definition) is 1. The van der Waals surface area contributed by atoms with Gasteiger partial charge >= 0.3 is 0 Å². The number of amides is 1. The lowest BCUT2D eigenvalue weighted by Gasteiger charge is -2.18. The monoisotopic (exact) mass is 263 g/mol. The average molecular weight is 263 g/mol. The molecule has 1 fully saturated rings. The Morgan fingerprint density at radius 2 is 2.05 bits per heavy atom. The molecule has 19 heavy (non-hydrogen) atoms. The number of aryl methyl sites for hydroxylation is 2. The summed E-state index contributed by atoms with van der Waals surface area (Å²) in [4.78, 5) is 24.2. The van der Waals surface area contributed by atoms with Crippen molar-refractivity contribution < 1.29 is 9.72 Å². The molecule has 1 unspecified atom stereocenters. The van der Waals surface area contributed by atoms with Gasteiger partial charge in [0.15, 0.2) is 0 Å². The van der Waals surface area contributed by atoms with Crippen LogP contribution in [0.25, 0.3) is 0 Å². The van der Waals surface area contributed by atoms with Gasteiger partial charge in [-0.15, -0.1) is 0 Å². The number of benzene rings is 1. The van der Waals surface area contributed by atoms with Crippen LogP contribution >= 0.6 is 0 Å². The van der Waals surface area contributed by atoms with Gasteiger partial charge in [-0.25, -0.2) is 0 Å². The van der Waals surface area contributed by atoms with Crippen molar-refractivity contribution in [1.82, 2.24) is 0 Å². The van der Waals surface area contributed by atoms with E-state index in [1.165, 1.54) is 11.0 Å². The van der Waals surface area contributed by atoms with Gasteiger partial charge in [0.2, 0.25) is 5.91 Å². The Kier molecular flexibility index (Phi) is 3.53. The molecule has 0 radical (unpaired) electrons. The first-order valence-electron chi connectivity index (χ1n) is 6.20. The van der Waals surface area contributed by atoms with Gasteiger partial charge in [0.05, 0.1) is 4.92 Å². The number of nitro benzene ring substituents is 1. The standard InChI is InChI=1S/C13H17N3O3/c1-8-3-11(12(16(18)19)4-9(8)2)15-7-10(6-14)5-13(15)17/h3-4,10H,5-7,14H2,1-2H3. The van der Waals surface area contributed by atoms with Gasteiger partial charge in [0, 0.05) is 19.0 Å². The average Bonchev–Trinajstić information content (AvgIpc) is 2.73. The van der Waals surface area contributed by atoms with Gasteiger partial charge < -0.3 is 10.6 Å². The Balaban J connectivity index is 2.47. The van der Waals surface area contributed by atoms with Crippen molar-refractivity contribution in [3.8, 4) is 0 Å². The highest BCUT2D eigenvalue weighted by atomic mass is 16.6. The minimum Gasteiger partial charge on any atom is -0.330 e. The third kappa shape index (κ3) is 2.44. The summed E-state index contributed by atoms with van der Waals surface area (Å²) >= 11 is 0. The van der Waals surface area contributed by atoms with E-state index in [2.05, 4.69) is 0 Å². The zero-order chi connectivity index (χ0) is 14.2. The van der Waals surface area contributed by atoms with Crippen molar-refractivity contribution in [3.63, 3.8) is 0 Å². The third-order valence-corrected chi connectivity index (χ3v) is 3.62. The van der Waals surface area contributed by atoms with Crippen molar-refractivity contribution >= 4 is 17.3 Å². The zero-order valence-corrected chi connectivity index (χ0v) is 11.0. The van der Waals surface area contributed by atoms with Crippen LogP contribution in [0.1, 0.15) is 17.5 Å². The SMILES string of the molecule is Cc1cc(N2CC(CN)CC2=O)c([N+](=O)[O-])cc1C. The smallest absolute Gasteiger partial charge is 0.293 e. The molecule has 6 heteroatoms. The molecular formula is C13H17N3O3. The fourth-order valence-electron chi connectivity index (χ4n) is 2.32. The van der Waals surface area contributed by atoms with Crippen LogP contribution in [0.3, 0.4) is 0 Å². The second kappa shape index (κ2) is 4.97. The molecule has 1 aromatic carbocycles. The molecule has 102 valence electrons. The number of hydrogen-bond acceptors (Lipinski definition) is 4. The normalized spacial score (nSPS) is 19.0. The fraction of sp³-hybridized carbons (Fsp3) is 0.462. The highest BCUT2D eigenvalue weighted by Gasteiger charge is 2.33. The van der Waals surface area contributed by atoms with Crippen molar-refractivity contribution in [2.75, 3.05) is 18.0 Å². The summed E-state index contributed by atoms with van der Waals surface area (Å²) in [6.07, 6.45) is 0.362. The largest absolute Gasteiger partial charge is 0.330 e. The van der Waals surface area contributed by atoms with E-state index in [1.807, 2.05) is 13.8 Å². The van der Waals surface area contributed by atoms with Crippen LogP contribution in [-0.4, -0.2) is 23.9 Å². The maximum Gasteiger partial charge on any atom is 0.293 e. The number of rotatable bonds is 3. The Hall–Kier alpha value is -1.95. The molecule has 1 aromatic rings. The van der Waals surface area contributed by atoms with Gasteiger partial charge in [-0.2, -0.15) is 0 Å². The van der Waals surface area contributed by atoms with E-state index < -0.39 is 4.92 Å². The van der Waals surface area contributed by atoms with E-state index in [0.29, 0.717) is 25.2 Å². The maximum atomic E-state index is 12.0. The molecule has 0 aromatic heterocycles. The summed E-state index contributed by atoms with van der Waals surface area (Å²) in [6, 6.07) is 3.23. The predicted molar refractivity (Wildman–Crippen MR) is 72.1 cm³/mol. The van der Waals surface area contributed by atoms with E-state index in [0.717, 1.165) is 11.1 Å². The second-order valence-corrected chi connectivity index (χ2v) is 4.99. The lowest BCUT2D eigenvalue weighted by atomic mass is 10.1. The van der Waals surface area contributed by atoms with Gasteiger partial charge in [0.25, 0.3) is 5.69 Å². The summed E-state index contributed by atoms with van der Waals surface area (Å²) < 4.78 is 0. The van der Waals surface area contributed by atoms with E-state index in [9.17, 15) is 14.9 Å². The fourth-order valence-corrected chi connectivity index (χ4v) is 2.32. The van der Waals surface area contributed by atoms with E-state index in [1.54, 1.807) is 6.07 Å². The molecule has 2 rings (SSSR count). The van der Waals surface area contributed by atoms with Crippen molar-refractivity contribution in [3.05, 3.63) is 33.4 Å². The minimum atomic E-state index is -0.440. The molecule has 1 saturated heterocycles. The first-order valence-corrected chi connectivity index (χ1v) is 6.20. The van der Waals surface area contributed by atoms with Crippen LogP contribution in [0, 0.1) is 29.9 Å². The number of nitro groups is 1. The Bertz CT molecular complexity index is 542. The molecule has 6 nitrogen and oxygen atoms in total. The molecule has 0 spiro atoms. The summed E-state index contributed by atoms with van der Waals surface area (Å²) in [5, 5.41) is 11.1. The summed E-state index contributed by atoms with van der Waals surface area (Å²) in [7, 11) is 0. The van der Waals surface area contributed by atoms with Crippen LogP contribution in [0.15, 0.2) is 12.1 Å². The van der Waals surface area contributed by atoms with Crippen LogP contribution in [-0.2, 0) is 4.79 Å². The van der Waals surface area contributed by atoms with Crippen LogP contribution in [0.2, 0.25) is 0 Å². The first-order chi connectivity index (χ1) is 8.93. The molecule has 0 saturated carbocycles. The van der Waals surface area contributed by atoms with Gasteiger partial charge in [-0.05, 0) is 43.5 Å². The molecule has 2 N–H and O–H groups in total. The number of carbonyl (C=O) groups is 1. The summed E-state index contributed by atoms with van der Waals surface area (Å²) in [5.74, 6) is -0.0180. The molecule has 0 bridgehead atoms.